The zero-order valence-corrected chi connectivity index (χ0v) is 12.9. The van der Waals surface area contributed by atoms with Gasteiger partial charge >= 0.3 is 0 Å². The van der Waals surface area contributed by atoms with E-state index in [-0.39, 0.29) is 24.4 Å². The summed E-state index contributed by atoms with van der Waals surface area (Å²) in [4.78, 5) is 12.1. The first-order valence-electron chi connectivity index (χ1n) is 5.88. The van der Waals surface area contributed by atoms with E-state index in [0.717, 1.165) is 0 Å². The lowest BCUT2D eigenvalue weighted by Crippen LogP contribution is -2.37. The van der Waals surface area contributed by atoms with Crippen LogP contribution in [0.25, 0.3) is 0 Å². The average molecular weight is 305 g/mol. The van der Waals surface area contributed by atoms with Crippen LogP contribution < -0.4 is 25.3 Å². The third-order valence-corrected chi connectivity index (χ3v) is 2.68. The molecule has 0 saturated heterocycles. The molecule has 20 heavy (non-hydrogen) atoms. The molecule has 1 rings (SSSR count). The Kier molecular flexibility index (Phi) is 7.79. The van der Waals surface area contributed by atoms with Crippen molar-refractivity contribution in [3.63, 3.8) is 0 Å². The largest absolute Gasteiger partial charge is 0.493 e. The Morgan fingerprint density at radius 2 is 1.80 bits per heavy atom. The molecule has 0 aliphatic carbocycles. The van der Waals surface area contributed by atoms with E-state index < -0.39 is 0 Å². The van der Waals surface area contributed by atoms with Crippen LogP contribution in [0.5, 0.6) is 17.2 Å². The van der Waals surface area contributed by atoms with Gasteiger partial charge in [-0.25, -0.2) is 0 Å². The molecule has 0 unspecified atom stereocenters. The molecule has 0 fully saturated rings. The van der Waals surface area contributed by atoms with Crippen molar-refractivity contribution < 1.29 is 19.0 Å². The van der Waals surface area contributed by atoms with Gasteiger partial charge in [-0.05, 0) is 19.1 Å². The fourth-order valence-electron chi connectivity index (χ4n) is 1.64. The van der Waals surface area contributed by atoms with Crippen molar-refractivity contribution in [3.05, 3.63) is 17.7 Å². The highest BCUT2D eigenvalue weighted by Gasteiger charge is 2.21. The quantitative estimate of drug-likeness (QED) is 0.825. The summed E-state index contributed by atoms with van der Waals surface area (Å²) < 4.78 is 15.6. The molecule has 0 saturated carbocycles. The van der Waals surface area contributed by atoms with Gasteiger partial charge in [-0.2, -0.15) is 0 Å². The number of nitrogens with one attached hydrogen (secondary N) is 1. The molecule has 114 valence electrons. The molecule has 1 aromatic rings. The SMILES string of the molecule is COc1ccc(C(=O)N[C@H](C)CN)c(OC)c1OC.Cl. The molecule has 0 radical (unpaired) electrons. The van der Waals surface area contributed by atoms with Crippen LogP contribution in [0.4, 0.5) is 0 Å². The first kappa shape index (κ1) is 18.3. The second kappa shape index (κ2) is 8.50. The van der Waals surface area contributed by atoms with Crippen molar-refractivity contribution in [1.29, 1.82) is 0 Å². The highest BCUT2D eigenvalue weighted by atomic mass is 35.5. The number of halogens is 1. The van der Waals surface area contributed by atoms with Crippen LogP contribution in [-0.2, 0) is 0 Å². The Bertz CT molecular complexity index is 454. The lowest BCUT2D eigenvalue weighted by Gasteiger charge is -2.17. The number of carbonyl (C=O) groups is 1. The third kappa shape index (κ3) is 3.91. The van der Waals surface area contributed by atoms with E-state index in [0.29, 0.717) is 29.4 Å². The standard InChI is InChI=1S/C13H20N2O4.ClH/c1-8(7-14)15-13(16)9-5-6-10(17-2)12(19-4)11(9)18-3;/h5-6,8H,7,14H2,1-4H3,(H,15,16);1H/t8-;/m1./s1. The van der Waals surface area contributed by atoms with Crippen molar-refractivity contribution in [3.8, 4) is 17.2 Å². The summed E-state index contributed by atoms with van der Waals surface area (Å²) in [7, 11) is 4.48. The van der Waals surface area contributed by atoms with E-state index in [4.69, 9.17) is 19.9 Å². The normalized spacial score (nSPS) is 11.1. The molecule has 3 N–H and O–H groups in total. The van der Waals surface area contributed by atoms with E-state index in [1.165, 1.54) is 21.3 Å². The first-order chi connectivity index (χ1) is 9.08. The molecule has 1 amide bonds. The molecule has 0 spiro atoms. The van der Waals surface area contributed by atoms with Gasteiger partial charge < -0.3 is 25.3 Å². The lowest BCUT2D eigenvalue weighted by atomic mass is 10.1. The Balaban J connectivity index is 0.00000361. The van der Waals surface area contributed by atoms with E-state index >= 15 is 0 Å². The van der Waals surface area contributed by atoms with Crippen LogP contribution in [0.2, 0.25) is 0 Å². The number of amides is 1. The number of benzene rings is 1. The maximum absolute atomic E-state index is 12.1. The van der Waals surface area contributed by atoms with Gasteiger partial charge in [0.2, 0.25) is 5.75 Å². The van der Waals surface area contributed by atoms with Crippen LogP contribution in [0.15, 0.2) is 12.1 Å². The zero-order chi connectivity index (χ0) is 14.4. The number of hydrogen-bond donors (Lipinski definition) is 2. The summed E-state index contributed by atoms with van der Waals surface area (Å²) in [5.74, 6) is 0.958. The number of rotatable bonds is 6. The van der Waals surface area contributed by atoms with E-state index in [1.807, 2.05) is 6.92 Å². The highest BCUT2D eigenvalue weighted by Crippen LogP contribution is 2.39. The topological polar surface area (TPSA) is 82.8 Å². The summed E-state index contributed by atoms with van der Waals surface area (Å²) in [6, 6.07) is 3.16. The second-order valence-electron chi connectivity index (χ2n) is 3.99. The Morgan fingerprint density at radius 3 is 2.25 bits per heavy atom. The number of hydrogen-bond acceptors (Lipinski definition) is 5. The molecule has 0 aliphatic rings. The van der Waals surface area contributed by atoms with Gasteiger partial charge in [0, 0.05) is 12.6 Å². The molecule has 1 atom stereocenters. The summed E-state index contributed by atoms with van der Waals surface area (Å²) >= 11 is 0. The third-order valence-electron chi connectivity index (χ3n) is 2.68. The molecule has 0 bridgehead atoms. The molecule has 0 aromatic heterocycles. The monoisotopic (exact) mass is 304 g/mol. The average Bonchev–Trinajstić information content (AvgIpc) is 2.44. The Morgan fingerprint density at radius 1 is 1.20 bits per heavy atom. The number of nitrogens with two attached hydrogens (primary N) is 1. The molecule has 0 heterocycles. The fraction of sp³-hybridized carbons (Fsp3) is 0.462. The van der Waals surface area contributed by atoms with E-state index in [2.05, 4.69) is 5.32 Å². The van der Waals surface area contributed by atoms with Crippen molar-refractivity contribution >= 4 is 18.3 Å². The van der Waals surface area contributed by atoms with Crippen molar-refractivity contribution in [2.24, 2.45) is 5.73 Å². The van der Waals surface area contributed by atoms with Crippen molar-refractivity contribution in [2.75, 3.05) is 27.9 Å². The van der Waals surface area contributed by atoms with Gasteiger partial charge in [-0.3, -0.25) is 4.79 Å². The zero-order valence-electron chi connectivity index (χ0n) is 12.1. The number of methoxy groups -OCH3 is 3. The maximum atomic E-state index is 12.1. The Labute approximate surface area is 125 Å². The molecule has 0 aliphatic heterocycles. The van der Waals surface area contributed by atoms with Crippen LogP contribution in [0.1, 0.15) is 17.3 Å². The van der Waals surface area contributed by atoms with Crippen LogP contribution >= 0.6 is 12.4 Å². The molecule has 7 heteroatoms. The highest BCUT2D eigenvalue weighted by molar-refractivity contribution is 5.98. The van der Waals surface area contributed by atoms with Crippen molar-refractivity contribution in [1.82, 2.24) is 5.32 Å². The fourth-order valence-corrected chi connectivity index (χ4v) is 1.64. The summed E-state index contributed by atoms with van der Waals surface area (Å²) in [5, 5.41) is 2.77. The minimum Gasteiger partial charge on any atom is -0.493 e. The van der Waals surface area contributed by atoms with E-state index in [9.17, 15) is 4.79 Å². The minimum atomic E-state index is -0.268. The van der Waals surface area contributed by atoms with Gasteiger partial charge in [0.25, 0.3) is 5.91 Å². The van der Waals surface area contributed by atoms with Crippen LogP contribution in [0, 0.1) is 0 Å². The molecular formula is C13H21ClN2O4. The van der Waals surface area contributed by atoms with Crippen molar-refractivity contribution in [2.45, 2.75) is 13.0 Å². The Hall–Kier alpha value is -1.66. The van der Waals surface area contributed by atoms with Gasteiger partial charge in [0.15, 0.2) is 11.5 Å². The van der Waals surface area contributed by atoms with Crippen LogP contribution in [0.3, 0.4) is 0 Å². The maximum Gasteiger partial charge on any atom is 0.255 e. The van der Waals surface area contributed by atoms with Gasteiger partial charge in [0.05, 0.1) is 26.9 Å². The summed E-state index contributed by atoms with van der Waals surface area (Å²) in [6.45, 7) is 2.19. The lowest BCUT2D eigenvalue weighted by molar-refractivity contribution is 0.0937. The van der Waals surface area contributed by atoms with Gasteiger partial charge in [0.1, 0.15) is 0 Å². The summed E-state index contributed by atoms with van der Waals surface area (Å²) in [5.41, 5.74) is 5.86. The predicted molar refractivity (Wildman–Crippen MR) is 79.3 cm³/mol. The van der Waals surface area contributed by atoms with E-state index in [1.54, 1.807) is 12.1 Å². The summed E-state index contributed by atoms with van der Waals surface area (Å²) in [6.07, 6.45) is 0. The second-order valence-corrected chi connectivity index (χ2v) is 3.99. The first-order valence-corrected chi connectivity index (χ1v) is 5.88. The van der Waals surface area contributed by atoms with Gasteiger partial charge in [-0.1, -0.05) is 0 Å². The van der Waals surface area contributed by atoms with Gasteiger partial charge in [-0.15, -0.1) is 12.4 Å². The molecular weight excluding hydrogens is 284 g/mol. The number of carbonyl (C=O) groups excluding carboxylic acids is 1. The number of ether oxygens (including phenoxy) is 3. The molecule has 1 aromatic carbocycles. The minimum absolute atomic E-state index is 0. The molecule has 6 nitrogen and oxygen atoms in total. The smallest absolute Gasteiger partial charge is 0.255 e. The van der Waals surface area contributed by atoms with Crippen LogP contribution in [-0.4, -0.2) is 39.8 Å². The predicted octanol–water partition coefficient (Wildman–Crippen LogP) is 1.21.